The molecule has 0 N–H and O–H groups in total. The zero-order chi connectivity index (χ0) is 10.2. The number of hydrogen-bond donors (Lipinski definition) is 0. The quantitative estimate of drug-likeness (QED) is 0.643. The van der Waals surface area contributed by atoms with Crippen molar-refractivity contribution in [2.75, 3.05) is 13.2 Å². The average Bonchev–Trinajstić information content (AvgIpc) is 2.71. The van der Waals surface area contributed by atoms with Crippen LogP contribution in [0.3, 0.4) is 0 Å². The first-order valence-corrected chi connectivity index (χ1v) is 5.42. The second-order valence-electron chi connectivity index (χ2n) is 4.66. The first-order chi connectivity index (χ1) is 6.62. The molecule has 2 fully saturated rings. The standard InChI is InChI=1S/C11H18O3/c1-8(6-9-4-3-5-13-9)10(12)11(2)7-14-11/h8-9H,3-7H2,1-2H3/t8-,9-,11+/m0/s1. The topological polar surface area (TPSA) is 38.8 Å². The van der Waals surface area contributed by atoms with Gasteiger partial charge in [-0.3, -0.25) is 4.79 Å². The van der Waals surface area contributed by atoms with Gasteiger partial charge in [0.1, 0.15) is 5.60 Å². The van der Waals surface area contributed by atoms with Gasteiger partial charge in [-0.15, -0.1) is 0 Å². The van der Waals surface area contributed by atoms with Crippen molar-refractivity contribution in [2.45, 2.75) is 44.8 Å². The molecule has 80 valence electrons. The highest BCUT2D eigenvalue weighted by atomic mass is 16.6. The van der Waals surface area contributed by atoms with E-state index in [2.05, 4.69) is 0 Å². The lowest BCUT2D eigenvalue weighted by atomic mass is 9.91. The van der Waals surface area contributed by atoms with E-state index in [9.17, 15) is 4.79 Å². The molecule has 0 bridgehead atoms. The normalized spacial score (nSPS) is 38.3. The third kappa shape index (κ3) is 1.98. The van der Waals surface area contributed by atoms with E-state index in [1.807, 2.05) is 13.8 Å². The molecule has 0 radical (unpaired) electrons. The van der Waals surface area contributed by atoms with Gasteiger partial charge < -0.3 is 9.47 Å². The minimum atomic E-state index is -0.460. The predicted octanol–water partition coefficient (Wildman–Crippen LogP) is 1.55. The van der Waals surface area contributed by atoms with E-state index in [0.29, 0.717) is 12.7 Å². The Morgan fingerprint density at radius 3 is 2.86 bits per heavy atom. The molecule has 2 aliphatic rings. The zero-order valence-electron chi connectivity index (χ0n) is 8.91. The van der Waals surface area contributed by atoms with Crippen LogP contribution in [-0.4, -0.2) is 30.7 Å². The molecule has 0 amide bonds. The summed E-state index contributed by atoms with van der Waals surface area (Å²) in [5.41, 5.74) is -0.460. The van der Waals surface area contributed by atoms with Gasteiger partial charge in [0.25, 0.3) is 0 Å². The van der Waals surface area contributed by atoms with Crippen molar-refractivity contribution in [3.05, 3.63) is 0 Å². The van der Waals surface area contributed by atoms with Crippen LogP contribution < -0.4 is 0 Å². The Morgan fingerprint density at radius 2 is 2.36 bits per heavy atom. The molecule has 0 saturated carbocycles. The summed E-state index contributed by atoms with van der Waals surface area (Å²) < 4.78 is 10.7. The van der Waals surface area contributed by atoms with E-state index in [0.717, 1.165) is 25.9 Å². The maximum Gasteiger partial charge on any atom is 0.169 e. The molecule has 0 aromatic heterocycles. The van der Waals surface area contributed by atoms with Crippen LogP contribution in [0.25, 0.3) is 0 Å². The lowest BCUT2D eigenvalue weighted by Gasteiger charge is -2.16. The first kappa shape index (κ1) is 10.1. The van der Waals surface area contributed by atoms with Crippen LogP contribution in [0, 0.1) is 5.92 Å². The van der Waals surface area contributed by atoms with Gasteiger partial charge in [0.2, 0.25) is 0 Å². The smallest absolute Gasteiger partial charge is 0.169 e. The van der Waals surface area contributed by atoms with Crippen molar-refractivity contribution < 1.29 is 14.3 Å². The Kier molecular flexibility index (Phi) is 2.62. The maximum atomic E-state index is 11.8. The van der Waals surface area contributed by atoms with E-state index in [-0.39, 0.29) is 11.7 Å². The van der Waals surface area contributed by atoms with Crippen molar-refractivity contribution in [1.82, 2.24) is 0 Å². The number of rotatable bonds is 4. The molecule has 2 saturated heterocycles. The van der Waals surface area contributed by atoms with E-state index in [1.54, 1.807) is 0 Å². The van der Waals surface area contributed by atoms with E-state index in [1.165, 1.54) is 0 Å². The van der Waals surface area contributed by atoms with Gasteiger partial charge in [0.15, 0.2) is 5.78 Å². The molecule has 3 nitrogen and oxygen atoms in total. The number of ether oxygens (including phenoxy) is 2. The highest BCUT2D eigenvalue weighted by Gasteiger charge is 2.48. The van der Waals surface area contributed by atoms with Crippen molar-refractivity contribution in [2.24, 2.45) is 5.92 Å². The number of carbonyl (C=O) groups excluding carboxylic acids is 1. The number of Topliss-reactive ketones (excluding diaryl/α,β-unsaturated/α-hetero) is 1. The molecule has 0 unspecified atom stereocenters. The summed E-state index contributed by atoms with van der Waals surface area (Å²) in [6, 6.07) is 0. The van der Waals surface area contributed by atoms with Gasteiger partial charge in [-0.05, 0) is 26.2 Å². The summed E-state index contributed by atoms with van der Waals surface area (Å²) in [5.74, 6) is 0.318. The largest absolute Gasteiger partial charge is 0.378 e. The predicted molar refractivity (Wildman–Crippen MR) is 52.1 cm³/mol. The fourth-order valence-electron chi connectivity index (χ4n) is 2.10. The summed E-state index contributed by atoms with van der Waals surface area (Å²) in [5, 5.41) is 0. The Bertz CT molecular complexity index is 227. The van der Waals surface area contributed by atoms with Gasteiger partial charge >= 0.3 is 0 Å². The second kappa shape index (κ2) is 3.63. The summed E-state index contributed by atoms with van der Waals surface area (Å²) in [7, 11) is 0. The summed E-state index contributed by atoms with van der Waals surface area (Å²) in [4.78, 5) is 11.8. The molecule has 3 atom stereocenters. The molecule has 0 aliphatic carbocycles. The molecular weight excluding hydrogens is 180 g/mol. The summed E-state index contributed by atoms with van der Waals surface area (Å²) in [6.45, 7) is 5.32. The molecule has 0 spiro atoms. The number of ketones is 1. The van der Waals surface area contributed by atoms with Gasteiger partial charge in [-0.1, -0.05) is 6.92 Å². The lowest BCUT2D eigenvalue weighted by Crippen LogP contribution is -2.29. The molecule has 0 aromatic rings. The van der Waals surface area contributed by atoms with Gasteiger partial charge in [0, 0.05) is 12.5 Å². The van der Waals surface area contributed by atoms with Crippen LogP contribution in [0.5, 0.6) is 0 Å². The van der Waals surface area contributed by atoms with Crippen LogP contribution >= 0.6 is 0 Å². The third-order valence-electron chi connectivity index (χ3n) is 3.19. The fraction of sp³-hybridized carbons (Fsp3) is 0.909. The van der Waals surface area contributed by atoms with Crippen molar-refractivity contribution in [1.29, 1.82) is 0 Å². The second-order valence-corrected chi connectivity index (χ2v) is 4.66. The summed E-state index contributed by atoms with van der Waals surface area (Å²) in [6.07, 6.45) is 3.41. The highest BCUT2D eigenvalue weighted by Crippen LogP contribution is 2.32. The van der Waals surface area contributed by atoms with E-state index < -0.39 is 5.60 Å². The average molecular weight is 198 g/mol. The van der Waals surface area contributed by atoms with Crippen LogP contribution in [0.15, 0.2) is 0 Å². The summed E-state index contributed by atoms with van der Waals surface area (Å²) >= 11 is 0. The maximum absolute atomic E-state index is 11.8. The van der Waals surface area contributed by atoms with Crippen LogP contribution in [0.2, 0.25) is 0 Å². The van der Waals surface area contributed by atoms with Crippen LogP contribution in [0.1, 0.15) is 33.1 Å². The number of epoxide rings is 1. The minimum absolute atomic E-state index is 0.0746. The molecular formula is C11H18O3. The van der Waals surface area contributed by atoms with Crippen molar-refractivity contribution >= 4 is 5.78 Å². The van der Waals surface area contributed by atoms with E-state index in [4.69, 9.17) is 9.47 Å². The van der Waals surface area contributed by atoms with Gasteiger partial charge in [-0.2, -0.15) is 0 Å². The molecule has 3 heteroatoms. The molecule has 2 rings (SSSR count). The highest BCUT2D eigenvalue weighted by molar-refractivity contribution is 5.91. The monoisotopic (exact) mass is 198 g/mol. The Hall–Kier alpha value is -0.410. The van der Waals surface area contributed by atoms with Crippen molar-refractivity contribution in [3.8, 4) is 0 Å². The van der Waals surface area contributed by atoms with Crippen LogP contribution in [0.4, 0.5) is 0 Å². The van der Waals surface area contributed by atoms with Gasteiger partial charge in [-0.25, -0.2) is 0 Å². The lowest BCUT2D eigenvalue weighted by molar-refractivity contribution is -0.128. The minimum Gasteiger partial charge on any atom is -0.378 e. The number of hydrogen-bond acceptors (Lipinski definition) is 3. The molecule has 14 heavy (non-hydrogen) atoms. The van der Waals surface area contributed by atoms with Crippen LogP contribution in [-0.2, 0) is 14.3 Å². The van der Waals surface area contributed by atoms with Gasteiger partial charge in [0.05, 0.1) is 12.7 Å². The van der Waals surface area contributed by atoms with Crippen molar-refractivity contribution in [3.63, 3.8) is 0 Å². The van der Waals surface area contributed by atoms with E-state index >= 15 is 0 Å². The zero-order valence-corrected chi connectivity index (χ0v) is 8.91. The molecule has 2 heterocycles. The third-order valence-corrected chi connectivity index (χ3v) is 3.19. The number of carbonyl (C=O) groups is 1. The molecule has 0 aromatic carbocycles. The Morgan fingerprint density at radius 1 is 1.64 bits per heavy atom. The Labute approximate surface area is 84.8 Å². The molecule has 2 aliphatic heterocycles. The first-order valence-electron chi connectivity index (χ1n) is 5.42. The fourth-order valence-corrected chi connectivity index (χ4v) is 2.10. The Balaban J connectivity index is 1.82. The SMILES string of the molecule is C[C@@H](C[C@@H]1CCCO1)C(=O)[C@@]1(C)CO1.